The lowest BCUT2D eigenvalue weighted by atomic mass is 9.69. The zero-order chi connectivity index (χ0) is 13.0. The molecule has 0 radical (unpaired) electrons. The summed E-state index contributed by atoms with van der Waals surface area (Å²) in [5, 5.41) is 10.9. The van der Waals surface area contributed by atoms with Crippen LogP contribution in [0.15, 0.2) is 30.3 Å². The highest BCUT2D eigenvalue weighted by Crippen LogP contribution is 2.46. The Morgan fingerprint density at radius 1 is 1.17 bits per heavy atom. The van der Waals surface area contributed by atoms with Crippen molar-refractivity contribution in [3.8, 4) is 0 Å². The van der Waals surface area contributed by atoms with Gasteiger partial charge in [0, 0.05) is 5.41 Å². The zero-order valence-corrected chi connectivity index (χ0v) is 11.7. The predicted octanol–water partition coefficient (Wildman–Crippen LogP) is 4.30. The summed E-state index contributed by atoms with van der Waals surface area (Å²) in [6.07, 6.45) is 6.88. The number of hydrogen-bond acceptors (Lipinski definition) is 1. The molecule has 1 aliphatic carbocycles. The molecule has 0 aliphatic heterocycles. The Balaban J connectivity index is 2.27. The third-order valence-corrected chi connectivity index (χ3v) is 4.69. The van der Waals surface area contributed by atoms with Gasteiger partial charge in [-0.25, -0.2) is 0 Å². The molecule has 1 aromatic carbocycles. The average Bonchev–Trinajstić information content (AvgIpc) is 2.90. The highest BCUT2D eigenvalue weighted by Gasteiger charge is 2.43. The van der Waals surface area contributed by atoms with Crippen molar-refractivity contribution in [2.45, 2.75) is 63.9 Å². The smallest absolute Gasteiger partial charge is 0.0662 e. The first-order chi connectivity index (χ1) is 8.70. The molecule has 2 atom stereocenters. The van der Waals surface area contributed by atoms with Crippen molar-refractivity contribution in [1.82, 2.24) is 0 Å². The predicted molar refractivity (Wildman–Crippen MR) is 76.7 cm³/mol. The Bertz CT molecular complexity index is 351. The largest absolute Gasteiger partial charge is 0.392 e. The van der Waals surface area contributed by atoms with E-state index in [2.05, 4.69) is 44.2 Å². The van der Waals surface area contributed by atoms with Crippen LogP contribution >= 0.6 is 0 Å². The van der Waals surface area contributed by atoms with Gasteiger partial charge in [-0.1, -0.05) is 63.4 Å². The summed E-state index contributed by atoms with van der Waals surface area (Å²) >= 11 is 0. The van der Waals surface area contributed by atoms with Crippen LogP contribution in [0.3, 0.4) is 0 Å². The van der Waals surface area contributed by atoms with Gasteiger partial charge < -0.3 is 5.11 Å². The quantitative estimate of drug-likeness (QED) is 0.821. The van der Waals surface area contributed by atoms with Gasteiger partial charge in [-0.15, -0.1) is 0 Å². The Hall–Kier alpha value is -0.820. The summed E-state index contributed by atoms with van der Waals surface area (Å²) in [4.78, 5) is 0. The minimum absolute atomic E-state index is 0.0237. The molecule has 0 aromatic heterocycles. The van der Waals surface area contributed by atoms with E-state index < -0.39 is 0 Å². The molecule has 0 spiro atoms. The molecule has 0 amide bonds. The normalized spacial score (nSPS) is 21.7. The van der Waals surface area contributed by atoms with Gasteiger partial charge in [-0.3, -0.25) is 0 Å². The average molecular weight is 246 g/mol. The topological polar surface area (TPSA) is 20.2 Å². The van der Waals surface area contributed by atoms with E-state index in [9.17, 15) is 5.11 Å². The molecule has 1 nitrogen and oxygen atoms in total. The highest BCUT2D eigenvalue weighted by molar-refractivity contribution is 5.28. The molecule has 1 fully saturated rings. The van der Waals surface area contributed by atoms with Gasteiger partial charge in [0.1, 0.15) is 0 Å². The monoisotopic (exact) mass is 246 g/mol. The molecule has 1 heteroatoms. The van der Waals surface area contributed by atoms with Gasteiger partial charge in [0.15, 0.2) is 0 Å². The molecule has 2 rings (SSSR count). The van der Waals surface area contributed by atoms with Crippen LogP contribution in [-0.4, -0.2) is 11.2 Å². The van der Waals surface area contributed by atoms with Crippen LogP contribution in [-0.2, 0) is 5.41 Å². The fourth-order valence-corrected chi connectivity index (χ4v) is 3.69. The van der Waals surface area contributed by atoms with Gasteiger partial charge >= 0.3 is 0 Å². The van der Waals surface area contributed by atoms with E-state index in [1.807, 2.05) is 0 Å². The molecular weight excluding hydrogens is 220 g/mol. The van der Waals surface area contributed by atoms with E-state index in [1.165, 1.54) is 18.4 Å². The van der Waals surface area contributed by atoms with E-state index in [1.54, 1.807) is 0 Å². The minimum Gasteiger partial charge on any atom is -0.392 e. The molecule has 100 valence electrons. The summed E-state index contributed by atoms with van der Waals surface area (Å²) in [5.41, 5.74) is 1.37. The summed E-state index contributed by atoms with van der Waals surface area (Å²) in [6.45, 7) is 4.41. The third kappa shape index (κ3) is 2.47. The fourth-order valence-electron chi connectivity index (χ4n) is 3.69. The number of hydrogen-bond donors (Lipinski definition) is 1. The van der Waals surface area contributed by atoms with Crippen molar-refractivity contribution in [1.29, 1.82) is 0 Å². The number of rotatable bonds is 5. The van der Waals surface area contributed by atoms with Crippen LogP contribution in [0.4, 0.5) is 0 Å². The van der Waals surface area contributed by atoms with Crippen molar-refractivity contribution in [2.75, 3.05) is 0 Å². The second-order valence-electron chi connectivity index (χ2n) is 5.94. The van der Waals surface area contributed by atoms with Crippen molar-refractivity contribution in [3.05, 3.63) is 35.9 Å². The van der Waals surface area contributed by atoms with Crippen LogP contribution in [0.2, 0.25) is 0 Å². The van der Waals surface area contributed by atoms with E-state index in [0.717, 1.165) is 25.7 Å². The number of aliphatic hydroxyl groups is 1. The fraction of sp³-hybridized carbons (Fsp3) is 0.647. The summed E-state index contributed by atoms with van der Waals surface area (Å²) in [6, 6.07) is 10.7. The molecule has 1 aromatic rings. The van der Waals surface area contributed by atoms with Gasteiger partial charge in [-0.05, 0) is 30.7 Å². The molecule has 1 saturated carbocycles. The summed E-state index contributed by atoms with van der Waals surface area (Å²) in [5.74, 6) is 0.397. The first-order valence-electron chi connectivity index (χ1n) is 7.44. The lowest BCUT2D eigenvalue weighted by Gasteiger charge is -2.38. The van der Waals surface area contributed by atoms with Crippen molar-refractivity contribution in [3.63, 3.8) is 0 Å². The number of benzene rings is 1. The van der Waals surface area contributed by atoms with Gasteiger partial charge in [0.05, 0.1) is 6.10 Å². The first-order valence-corrected chi connectivity index (χ1v) is 7.44. The second-order valence-corrected chi connectivity index (χ2v) is 5.94. The highest BCUT2D eigenvalue weighted by atomic mass is 16.3. The molecule has 0 heterocycles. The number of aliphatic hydroxyl groups excluding tert-OH is 1. The van der Waals surface area contributed by atoms with Crippen LogP contribution in [0.1, 0.15) is 57.9 Å². The summed E-state index contributed by atoms with van der Waals surface area (Å²) < 4.78 is 0. The zero-order valence-electron chi connectivity index (χ0n) is 11.7. The first kappa shape index (κ1) is 13.6. The van der Waals surface area contributed by atoms with Crippen LogP contribution in [0.5, 0.6) is 0 Å². The SMILES string of the molecule is CCCC(C)C(O)C1(c2ccccc2)CCCC1. The lowest BCUT2D eigenvalue weighted by molar-refractivity contribution is 0.0322. The van der Waals surface area contributed by atoms with Crippen LogP contribution in [0, 0.1) is 5.92 Å². The van der Waals surface area contributed by atoms with E-state index >= 15 is 0 Å². The summed E-state index contributed by atoms with van der Waals surface area (Å²) in [7, 11) is 0. The van der Waals surface area contributed by atoms with Crippen molar-refractivity contribution >= 4 is 0 Å². The molecule has 1 aliphatic rings. The minimum atomic E-state index is -0.192. The maximum atomic E-state index is 10.9. The van der Waals surface area contributed by atoms with E-state index in [4.69, 9.17) is 0 Å². The van der Waals surface area contributed by atoms with E-state index in [-0.39, 0.29) is 11.5 Å². The molecule has 1 N–H and O–H groups in total. The molecule has 0 bridgehead atoms. The molecule has 18 heavy (non-hydrogen) atoms. The maximum Gasteiger partial charge on any atom is 0.0662 e. The second kappa shape index (κ2) is 5.88. The van der Waals surface area contributed by atoms with Gasteiger partial charge in [0.2, 0.25) is 0 Å². The standard InChI is InChI=1S/C17H26O/c1-3-9-14(2)16(18)17(12-7-8-13-17)15-10-5-4-6-11-15/h4-6,10-11,14,16,18H,3,7-9,12-13H2,1-2H3. The Kier molecular flexibility index (Phi) is 4.45. The van der Waals surface area contributed by atoms with Crippen molar-refractivity contribution < 1.29 is 5.11 Å². The molecule has 2 unspecified atom stereocenters. The lowest BCUT2D eigenvalue weighted by Crippen LogP contribution is -2.41. The molecular formula is C17H26O. The van der Waals surface area contributed by atoms with Gasteiger partial charge in [0.25, 0.3) is 0 Å². The van der Waals surface area contributed by atoms with Gasteiger partial charge in [-0.2, -0.15) is 0 Å². The Morgan fingerprint density at radius 3 is 2.33 bits per heavy atom. The maximum absolute atomic E-state index is 10.9. The third-order valence-electron chi connectivity index (χ3n) is 4.69. The van der Waals surface area contributed by atoms with Crippen molar-refractivity contribution in [2.24, 2.45) is 5.92 Å². The van der Waals surface area contributed by atoms with E-state index in [0.29, 0.717) is 5.92 Å². The Labute approximate surface area is 111 Å². The Morgan fingerprint density at radius 2 is 1.78 bits per heavy atom. The van der Waals surface area contributed by atoms with Crippen LogP contribution < -0.4 is 0 Å². The van der Waals surface area contributed by atoms with Crippen LogP contribution in [0.25, 0.3) is 0 Å². The molecule has 0 saturated heterocycles.